The first kappa shape index (κ1) is 21.9. The summed E-state index contributed by atoms with van der Waals surface area (Å²) >= 11 is 6.40. The van der Waals surface area contributed by atoms with Gasteiger partial charge in [-0.05, 0) is 35.9 Å². The molecule has 0 fully saturated rings. The van der Waals surface area contributed by atoms with Gasteiger partial charge in [-0.3, -0.25) is 4.79 Å². The Hall–Kier alpha value is -4.28. The molecule has 7 nitrogen and oxygen atoms in total. The van der Waals surface area contributed by atoms with Crippen LogP contribution in [-0.2, 0) is 6.61 Å². The molecule has 0 saturated heterocycles. The smallest absolute Gasteiger partial charge is 0.307 e. The largest absolute Gasteiger partial charge is 0.493 e. The van der Waals surface area contributed by atoms with Gasteiger partial charge >= 0.3 is 5.91 Å². The number of para-hydroxylation sites is 1. The number of nitriles is 1. The predicted octanol–water partition coefficient (Wildman–Crippen LogP) is 5.31. The minimum Gasteiger partial charge on any atom is -0.493 e. The van der Waals surface area contributed by atoms with Crippen molar-refractivity contribution in [2.75, 3.05) is 7.11 Å². The minimum absolute atomic E-state index is 0.154. The van der Waals surface area contributed by atoms with Crippen molar-refractivity contribution in [3.63, 3.8) is 0 Å². The van der Waals surface area contributed by atoms with E-state index < -0.39 is 5.91 Å². The Bertz CT molecular complexity index is 1360. The first-order chi connectivity index (χ1) is 16.1. The van der Waals surface area contributed by atoms with Gasteiger partial charge in [0, 0.05) is 10.9 Å². The lowest BCUT2D eigenvalue weighted by Gasteiger charge is -2.14. The average molecular weight is 460 g/mol. The van der Waals surface area contributed by atoms with E-state index in [0.717, 1.165) is 10.9 Å². The molecule has 1 amide bonds. The molecular formula is C25H18ClN3O4. The van der Waals surface area contributed by atoms with Gasteiger partial charge in [0.1, 0.15) is 12.2 Å². The van der Waals surface area contributed by atoms with Crippen LogP contribution in [0.5, 0.6) is 11.5 Å². The van der Waals surface area contributed by atoms with E-state index >= 15 is 0 Å². The standard InChI is InChI=1S/C25H18ClN3O4/c1-31-22-11-16(10-20(26)24(22)32-15-19-8-3-2-7-18(19)13-27)14-28-29-25(30)23-12-17-6-4-5-9-21(17)33-23/h2-12,14H,15H2,1H3,(H,29,30)/b28-14-. The number of benzene rings is 3. The molecule has 164 valence electrons. The Morgan fingerprint density at radius 1 is 1.18 bits per heavy atom. The number of methoxy groups -OCH3 is 1. The second-order valence-electron chi connectivity index (χ2n) is 6.94. The molecule has 0 aliphatic rings. The number of carbonyl (C=O) groups is 1. The lowest BCUT2D eigenvalue weighted by molar-refractivity contribution is 0.0929. The van der Waals surface area contributed by atoms with Crippen LogP contribution in [0.25, 0.3) is 11.0 Å². The van der Waals surface area contributed by atoms with Gasteiger partial charge in [-0.25, -0.2) is 5.43 Å². The fourth-order valence-electron chi connectivity index (χ4n) is 3.17. The van der Waals surface area contributed by atoms with Crippen molar-refractivity contribution >= 4 is 34.7 Å². The second-order valence-corrected chi connectivity index (χ2v) is 7.35. The summed E-state index contributed by atoms with van der Waals surface area (Å²) in [5.74, 6) is 0.416. The van der Waals surface area contributed by atoms with Crippen LogP contribution in [0, 0.1) is 11.3 Å². The van der Waals surface area contributed by atoms with Gasteiger partial charge in [-0.15, -0.1) is 0 Å². The molecule has 0 spiro atoms. The number of hydrogen-bond acceptors (Lipinski definition) is 6. The van der Waals surface area contributed by atoms with Crippen molar-refractivity contribution in [1.29, 1.82) is 5.26 Å². The van der Waals surface area contributed by atoms with E-state index in [1.165, 1.54) is 13.3 Å². The van der Waals surface area contributed by atoms with E-state index in [9.17, 15) is 10.1 Å². The fourth-order valence-corrected chi connectivity index (χ4v) is 3.45. The SMILES string of the molecule is COc1cc(/C=N\NC(=O)c2cc3ccccc3o2)cc(Cl)c1OCc1ccccc1C#N. The number of halogens is 1. The highest BCUT2D eigenvalue weighted by Crippen LogP contribution is 2.36. The normalized spacial score (nSPS) is 10.8. The summed E-state index contributed by atoms with van der Waals surface area (Å²) in [6.07, 6.45) is 1.43. The number of rotatable bonds is 7. The zero-order chi connectivity index (χ0) is 23.2. The number of hydrazone groups is 1. The summed E-state index contributed by atoms with van der Waals surface area (Å²) < 4.78 is 16.8. The number of nitrogens with one attached hydrogen (secondary N) is 1. The summed E-state index contributed by atoms with van der Waals surface area (Å²) in [5.41, 5.74) is 4.90. The molecule has 0 saturated carbocycles. The van der Waals surface area contributed by atoms with E-state index in [1.807, 2.05) is 30.3 Å². The van der Waals surface area contributed by atoms with Crippen LogP contribution in [0.15, 0.2) is 76.2 Å². The first-order valence-corrected chi connectivity index (χ1v) is 10.3. The summed E-state index contributed by atoms with van der Waals surface area (Å²) in [6, 6.07) is 21.6. The number of furan rings is 1. The third-order valence-electron chi connectivity index (χ3n) is 4.79. The zero-order valence-electron chi connectivity index (χ0n) is 17.5. The molecule has 0 aliphatic heterocycles. The van der Waals surface area contributed by atoms with Crippen molar-refractivity contribution in [2.24, 2.45) is 5.10 Å². The number of nitrogens with zero attached hydrogens (tertiary/aromatic N) is 2. The maximum atomic E-state index is 12.3. The lowest BCUT2D eigenvalue weighted by Crippen LogP contribution is -2.16. The number of ether oxygens (including phenoxy) is 2. The zero-order valence-corrected chi connectivity index (χ0v) is 18.3. The summed E-state index contributed by atoms with van der Waals surface area (Å²) in [5, 5.41) is 14.3. The van der Waals surface area contributed by atoms with Gasteiger partial charge in [0.05, 0.1) is 30.0 Å². The van der Waals surface area contributed by atoms with E-state index in [2.05, 4.69) is 16.6 Å². The minimum atomic E-state index is -0.475. The van der Waals surface area contributed by atoms with Crippen LogP contribution in [0.2, 0.25) is 5.02 Å². The Labute approximate surface area is 194 Å². The highest BCUT2D eigenvalue weighted by molar-refractivity contribution is 6.32. The maximum absolute atomic E-state index is 12.3. The van der Waals surface area contributed by atoms with Crippen LogP contribution in [0.1, 0.15) is 27.2 Å². The monoisotopic (exact) mass is 459 g/mol. The molecule has 0 atom stereocenters. The molecule has 0 unspecified atom stereocenters. The van der Waals surface area contributed by atoms with Crippen molar-refractivity contribution < 1.29 is 18.7 Å². The molecule has 1 heterocycles. The van der Waals surface area contributed by atoms with Gasteiger partial charge < -0.3 is 13.9 Å². The van der Waals surface area contributed by atoms with Crippen molar-refractivity contribution in [1.82, 2.24) is 5.43 Å². The van der Waals surface area contributed by atoms with Gasteiger partial charge in [0.25, 0.3) is 0 Å². The molecule has 0 radical (unpaired) electrons. The highest BCUT2D eigenvalue weighted by atomic mass is 35.5. The quantitative estimate of drug-likeness (QED) is 0.298. The number of hydrogen-bond donors (Lipinski definition) is 1. The van der Waals surface area contributed by atoms with Crippen molar-refractivity contribution in [3.05, 3.63) is 94.2 Å². The van der Waals surface area contributed by atoms with Crippen LogP contribution < -0.4 is 14.9 Å². The van der Waals surface area contributed by atoms with Crippen LogP contribution >= 0.6 is 11.6 Å². The maximum Gasteiger partial charge on any atom is 0.307 e. The molecule has 4 rings (SSSR count). The molecular weight excluding hydrogens is 442 g/mol. The van der Waals surface area contributed by atoms with Gasteiger partial charge in [-0.1, -0.05) is 48.0 Å². The van der Waals surface area contributed by atoms with E-state index in [0.29, 0.717) is 33.2 Å². The molecule has 3 aromatic carbocycles. The Morgan fingerprint density at radius 3 is 2.76 bits per heavy atom. The number of fused-ring (bicyclic) bond motifs is 1. The topological polar surface area (TPSA) is 96.8 Å². The summed E-state index contributed by atoms with van der Waals surface area (Å²) in [4.78, 5) is 12.3. The van der Waals surface area contributed by atoms with Gasteiger partial charge in [0.2, 0.25) is 0 Å². The second kappa shape index (κ2) is 9.90. The third kappa shape index (κ3) is 4.97. The molecule has 0 aliphatic carbocycles. The van der Waals surface area contributed by atoms with Crippen molar-refractivity contribution in [2.45, 2.75) is 6.61 Å². The Balaban J connectivity index is 1.46. The fraction of sp³-hybridized carbons (Fsp3) is 0.0800. The molecule has 8 heteroatoms. The number of amides is 1. The molecule has 4 aromatic rings. The van der Waals surface area contributed by atoms with E-state index in [4.69, 9.17) is 25.5 Å². The lowest BCUT2D eigenvalue weighted by atomic mass is 10.1. The Kier molecular flexibility index (Phi) is 6.58. The van der Waals surface area contributed by atoms with E-state index in [-0.39, 0.29) is 12.4 Å². The Morgan fingerprint density at radius 2 is 1.97 bits per heavy atom. The van der Waals surface area contributed by atoms with Crippen LogP contribution in [0.4, 0.5) is 0 Å². The molecule has 1 N–H and O–H groups in total. The van der Waals surface area contributed by atoms with Crippen molar-refractivity contribution in [3.8, 4) is 17.6 Å². The first-order valence-electron chi connectivity index (χ1n) is 9.89. The summed E-state index contributed by atoms with van der Waals surface area (Å²) in [6.45, 7) is 0.154. The molecule has 0 bridgehead atoms. The molecule has 33 heavy (non-hydrogen) atoms. The average Bonchev–Trinajstić information content (AvgIpc) is 3.28. The molecule has 1 aromatic heterocycles. The highest BCUT2D eigenvalue weighted by Gasteiger charge is 2.14. The van der Waals surface area contributed by atoms with Gasteiger partial charge in [0.15, 0.2) is 17.3 Å². The predicted molar refractivity (Wildman–Crippen MR) is 125 cm³/mol. The van der Waals surface area contributed by atoms with Gasteiger partial charge in [-0.2, -0.15) is 10.4 Å². The third-order valence-corrected chi connectivity index (χ3v) is 5.07. The number of carbonyl (C=O) groups excluding carboxylic acids is 1. The van der Waals surface area contributed by atoms with E-state index in [1.54, 1.807) is 36.4 Å². The summed E-state index contributed by atoms with van der Waals surface area (Å²) in [7, 11) is 1.49. The van der Waals surface area contributed by atoms with Crippen LogP contribution in [0.3, 0.4) is 0 Å². The van der Waals surface area contributed by atoms with Crippen LogP contribution in [-0.4, -0.2) is 19.2 Å².